The SMILES string of the molecule is CC.CCCC(CCC)n1c(C)nc2c(F)cc(-c3c[nH]c4ncc(N5CCN(C)CC5)cc34)cc21. The number of likely N-dealkylation sites (N-methyl/N-ethyl adjacent to an activating group) is 1. The van der Waals surface area contributed by atoms with E-state index < -0.39 is 0 Å². The number of benzene rings is 1. The Labute approximate surface area is 214 Å². The molecule has 1 N–H and O–H groups in total. The fourth-order valence-corrected chi connectivity index (χ4v) is 5.42. The molecular formula is C29H41FN6. The third-order valence-electron chi connectivity index (χ3n) is 7.23. The summed E-state index contributed by atoms with van der Waals surface area (Å²) in [6.45, 7) is 14.5. The maximum absolute atomic E-state index is 15.4. The average molecular weight is 493 g/mol. The Morgan fingerprint density at radius 3 is 2.39 bits per heavy atom. The molecule has 1 fully saturated rings. The number of imidazole rings is 1. The number of halogens is 1. The summed E-state index contributed by atoms with van der Waals surface area (Å²) in [5.41, 5.74) is 5.14. The second-order valence-corrected chi connectivity index (χ2v) is 9.67. The van der Waals surface area contributed by atoms with Gasteiger partial charge in [-0.15, -0.1) is 0 Å². The first-order valence-corrected chi connectivity index (χ1v) is 13.6. The van der Waals surface area contributed by atoms with Crippen LogP contribution in [0.15, 0.2) is 30.6 Å². The van der Waals surface area contributed by atoms with Crippen molar-refractivity contribution >= 4 is 27.8 Å². The van der Waals surface area contributed by atoms with Crippen LogP contribution in [0.2, 0.25) is 0 Å². The number of nitrogens with zero attached hydrogens (tertiary/aromatic N) is 5. The average Bonchev–Trinajstić information content (AvgIpc) is 3.46. The Balaban J connectivity index is 0.00000148. The van der Waals surface area contributed by atoms with Gasteiger partial charge in [-0.3, -0.25) is 0 Å². The monoisotopic (exact) mass is 492 g/mol. The number of fused-ring (bicyclic) bond motifs is 2. The van der Waals surface area contributed by atoms with Gasteiger partial charge in [-0.25, -0.2) is 14.4 Å². The van der Waals surface area contributed by atoms with E-state index in [9.17, 15) is 0 Å². The highest BCUT2D eigenvalue weighted by molar-refractivity contribution is 5.97. The predicted molar refractivity (Wildman–Crippen MR) is 149 cm³/mol. The summed E-state index contributed by atoms with van der Waals surface area (Å²) in [7, 11) is 2.16. The number of nitrogens with one attached hydrogen (secondary N) is 1. The quantitative estimate of drug-likeness (QED) is 0.303. The molecule has 0 aliphatic carbocycles. The molecule has 0 bridgehead atoms. The minimum atomic E-state index is -0.265. The van der Waals surface area contributed by atoms with E-state index in [4.69, 9.17) is 0 Å². The molecule has 36 heavy (non-hydrogen) atoms. The zero-order valence-corrected chi connectivity index (χ0v) is 22.7. The van der Waals surface area contributed by atoms with Gasteiger partial charge in [-0.05, 0) is 50.6 Å². The Bertz CT molecular complexity index is 1290. The molecule has 0 unspecified atom stereocenters. The lowest BCUT2D eigenvalue weighted by molar-refractivity contribution is 0.313. The van der Waals surface area contributed by atoms with Crippen LogP contribution in [0.3, 0.4) is 0 Å². The van der Waals surface area contributed by atoms with Crippen LogP contribution < -0.4 is 4.90 Å². The van der Waals surface area contributed by atoms with E-state index in [-0.39, 0.29) is 5.82 Å². The number of anilines is 1. The topological polar surface area (TPSA) is 53.0 Å². The van der Waals surface area contributed by atoms with Crippen LogP contribution in [0, 0.1) is 12.7 Å². The van der Waals surface area contributed by atoms with Crippen LogP contribution in [-0.2, 0) is 0 Å². The number of aromatic nitrogens is 4. The van der Waals surface area contributed by atoms with E-state index >= 15 is 4.39 Å². The van der Waals surface area contributed by atoms with E-state index in [1.807, 2.05) is 33.2 Å². The lowest BCUT2D eigenvalue weighted by atomic mass is 10.0. The summed E-state index contributed by atoms with van der Waals surface area (Å²) in [6.07, 6.45) is 8.21. The highest BCUT2D eigenvalue weighted by atomic mass is 19.1. The minimum Gasteiger partial charge on any atom is -0.368 e. The van der Waals surface area contributed by atoms with Crippen molar-refractivity contribution < 1.29 is 4.39 Å². The van der Waals surface area contributed by atoms with Crippen LogP contribution in [-0.4, -0.2) is 57.6 Å². The van der Waals surface area contributed by atoms with Gasteiger partial charge in [-0.2, -0.15) is 0 Å². The highest BCUT2D eigenvalue weighted by Gasteiger charge is 2.21. The van der Waals surface area contributed by atoms with Crippen molar-refractivity contribution in [2.45, 2.75) is 66.3 Å². The van der Waals surface area contributed by atoms with Crippen LogP contribution in [0.1, 0.15) is 65.2 Å². The summed E-state index contributed by atoms with van der Waals surface area (Å²) in [4.78, 5) is 17.3. The van der Waals surface area contributed by atoms with Gasteiger partial charge in [0, 0.05) is 49.4 Å². The second-order valence-electron chi connectivity index (χ2n) is 9.67. The molecule has 0 radical (unpaired) electrons. The second kappa shape index (κ2) is 11.4. The smallest absolute Gasteiger partial charge is 0.151 e. The van der Waals surface area contributed by atoms with E-state index in [0.29, 0.717) is 11.6 Å². The molecule has 5 rings (SSSR count). The molecule has 6 nitrogen and oxygen atoms in total. The van der Waals surface area contributed by atoms with Gasteiger partial charge in [0.1, 0.15) is 17.0 Å². The van der Waals surface area contributed by atoms with Crippen molar-refractivity contribution in [1.82, 2.24) is 24.4 Å². The Hall–Kier alpha value is -2.93. The van der Waals surface area contributed by atoms with Gasteiger partial charge in [0.05, 0.1) is 17.4 Å². The van der Waals surface area contributed by atoms with Crippen LogP contribution >= 0.6 is 0 Å². The Morgan fingerprint density at radius 2 is 1.72 bits per heavy atom. The lowest BCUT2D eigenvalue weighted by Gasteiger charge is -2.33. The van der Waals surface area contributed by atoms with Crippen molar-refractivity contribution in [1.29, 1.82) is 0 Å². The predicted octanol–water partition coefficient (Wildman–Crippen LogP) is 6.95. The number of H-pyrrole nitrogens is 1. The van der Waals surface area contributed by atoms with E-state index in [1.54, 1.807) is 6.07 Å². The number of aryl methyl sites for hydroxylation is 1. The molecule has 3 aromatic heterocycles. The molecule has 4 aromatic rings. The third-order valence-corrected chi connectivity index (χ3v) is 7.23. The van der Waals surface area contributed by atoms with Crippen LogP contribution in [0.5, 0.6) is 0 Å². The molecule has 1 aromatic carbocycles. The highest BCUT2D eigenvalue weighted by Crippen LogP contribution is 2.35. The van der Waals surface area contributed by atoms with Crippen molar-refractivity contribution in [2.24, 2.45) is 0 Å². The number of piperazine rings is 1. The van der Waals surface area contributed by atoms with Crippen molar-refractivity contribution in [3.8, 4) is 11.1 Å². The molecule has 4 heterocycles. The molecular weight excluding hydrogens is 451 g/mol. The number of aromatic amines is 1. The molecule has 0 spiro atoms. The zero-order chi connectivity index (χ0) is 25.8. The first-order valence-electron chi connectivity index (χ1n) is 13.6. The number of pyridine rings is 1. The molecule has 7 heteroatoms. The van der Waals surface area contributed by atoms with Gasteiger partial charge < -0.3 is 19.4 Å². The maximum atomic E-state index is 15.4. The number of hydrogen-bond acceptors (Lipinski definition) is 4. The van der Waals surface area contributed by atoms with E-state index in [2.05, 4.69) is 62.3 Å². The largest absolute Gasteiger partial charge is 0.368 e. The molecule has 0 atom stereocenters. The summed E-state index contributed by atoms with van der Waals surface area (Å²) in [5, 5.41) is 1.02. The molecule has 194 valence electrons. The number of rotatable bonds is 7. The summed E-state index contributed by atoms with van der Waals surface area (Å²) < 4.78 is 17.6. The zero-order valence-electron chi connectivity index (χ0n) is 22.7. The first-order chi connectivity index (χ1) is 17.5. The van der Waals surface area contributed by atoms with Crippen molar-refractivity contribution in [2.75, 3.05) is 38.1 Å². The maximum Gasteiger partial charge on any atom is 0.151 e. The fraction of sp³-hybridized carbons (Fsp3) is 0.517. The van der Waals surface area contributed by atoms with Crippen LogP contribution in [0.4, 0.5) is 10.1 Å². The Kier molecular flexibility index (Phi) is 8.29. The summed E-state index contributed by atoms with van der Waals surface area (Å²) in [6, 6.07) is 6.27. The Morgan fingerprint density at radius 1 is 1.03 bits per heavy atom. The van der Waals surface area contributed by atoms with Crippen molar-refractivity contribution in [3.05, 3.63) is 42.2 Å². The minimum absolute atomic E-state index is 0.265. The molecule has 1 aliphatic rings. The standard InChI is InChI=1S/C27H35FN6.C2H6/c1-5-7-20(8-6-2)34-18(3)31-26-24(28)13-19(14-25(26)34)23-17-30-27-22(23)15-21(16-29-27)33-11-9-32(4)10-12-33;1-2/h13-17,20H,5-12H2,1-4H3,(H,29,30);1-2H3. The third kappa shape index (κ3) is 4.99. The van der Waals surface area contributed by atoms with Gasteiger partial charge in [-0.1, -0.05) is 40.5 Å². The molecule has 1 saturated heterocycles. The van der Waals surface area contributed by atoms with Gasteiger partial charge in [0.25, 0.3) is 0 Å². The molecule has 0 amide bonds. The van der Waals surface area contributed by atoms with Crippen LogP contribution in [0.25, 0.3) is 33.2 Å². The normalized spacial score (nSPS) is 14.6. The van der Waals surface area contributed by atoms with E-state index in [0.717, 1.165) is 91.1 Å². The number of hydrogen-bond donors (Lipinski definition) is 1. The fourth-order valence-electron chi connectivity index (χ4n) is 5.42. The van der Waals surface area contributed by atoms with E-state index in [1.165, 1.54) is 0 Å². The summed E-state index contributed by atoms with van der Waals surface area (Å²) >= 11 is 0. The van der Waals surface area contributed by atoms with Gasteiger partial charge in [0.15, 0.2) is 5.82 Å². The molecule has 1 aliphatic heterocycles. The summed E-state index contributed by atoms with van der Waals surface area (Å²) in [5.74, 6) is 0.620. The van der Waals surface area contributed by atoms with Gasteiger partial charge >= 0.3 is 0 Å². The lowest BCUT2D eigenvalue weighted by Crippen LogP contribution is -2.44. The van der Waals surface area contributed by atoms with Crippen molar-refractivity contribution in [3.63, 3.8) is 0 Å². The first kappa shape index (κ1) is 26.1. The molecule has 0 saturated carbocycles. The van der Waals surface area contributed by atoms with Gasteiger partial charge in [0.2, 0.25) is 0 Å².